The third-order valence-corrected chi connectivity index (χ3v) is 2.40. The van der Waals surface area contributed by atoms with Crippen molar-refractivity contribution in [3.8, 4) is 12.3 Å². The highest BCUT2D eigenvalue weighted by atomic mass is 16.1. The highest BCUT2D eigenvalue weighted by Crippen LogP contribution is 2.03. The highest BCUT2D eigenvalue weighted by Gasteiger charge is 2.13. The van der Waals surface area contributed by atoms with Gasteiger partial charge in [0, 0.05) is 18.3 Å². The summed E-state index contributed by atoms with van der Waals surface area (Å²) in [4.78, 5) is 15.8. The van der Waals surface area contributed by atoms with Gasteiger partial charge in [0.1, 0.15) is 0 Å². The van der Waals surface area contributed by atoms with E-state index in [1.165, 1.54) is 0 Å². The van der Waals surface area contributed by atoms with E-state index in [1.54, 1.807) is 6.20 Å². The third kappa shape index (κ3) is 3.48. The lowest BCUT2D eigenvalue weighted by molar-refractivity contribution is -0.119. The summed E-state index contributed by atoms with van der Waals surface area (Å²) in [6.07, 6.45) is 8.37. The Morgan fingerprint density at radius 2 is 2.38 bits per heavy atom. The van der Waals surface area contributed by atoms with Crippen LogP contribution in [-0.4, -0.2) is 16.8 Å². The molecule has 0 bridgehead atoms. The van der Waals surface area contributed by atoms with Crippen LogP contribution in [0.5, 0.6) is 0 Å². The Balaban J connectivity index is 2.59. The lowest BCUT2D eigenvalue weighted by Crippen LogP contribution is -2.31. The van der Waals surface area contributed by atoms with E-state index in [4.69, 9.17) is 12.2 Å². The second-order valence-electron chi connectivity index (χ2n) is 3.67. The number of aryl methyl sites for hydroxylation is 1. The number of terminal acetylenes is 1. The van der Waals surface area contributed by atoms with Crippen molar-refractivity contribution in [3.05, 3.63) is 29.6 Å². The molecular formula is C13H16N2O. The van der Waals surface area contributed by atoms with E-state index in [2.05, 4.69) is 17.8 Å². The van der Waals surface area contributed by atoms with E-state index in [9.17, 15) is 4.79 Å². The molecule has 1 atom stereocenters. The molecular weight excluding hydrogens is 200 g/mol. The fourth-order valence-corrected chi connectivity index (χ4v) is 1.32. The Labute approximate surface area is 96.1 Å². The lowest BCUT2D eigenvalue weighted by atomic mass is 10.1. The molecule has 0 aromatic carbocycles. The maximum Gasteiger partial charge on any atom is 0.156 e. The zero-order valence-corrected chi connectivity index (χ0v) is 9.44. The number of nitrogens with zero attached hydrogens (tertiary/aromatic N) is 1. The van der Waals surface area contributed by atoms with Gasteiger partial charge in [-0.05, 0) is 18.1 Å². The first kappa shape index (κ1) is 12.4. The van der Waals surface area contributed by atoms with Gasteiger partial charge in [0.2, 0.25) is 0 Å². The molecule has 0 fully saturated rings. The van der Waals surface area contributed by atoms with Gasteiger partial charge in [0.25, 0.3) is 0 Å². The fourth-order valence-electron chi connectivity index (χ4n) is 1.32. The Morgan fingerprint density at radius 1 is 1.62 bits per heavy atom. The molecule has 1 aromatic rings. The monoisotopic (exact) mass is 216 g/mol. The first-order valence-electron chi connectivity index (χ1n) is 5.33. The standard InChI is InChI=1S/C13H16N2O/c1-3-5-12(14)13(16)8-11-7-6-10(4-2)9-15-11/h1,6-7,9,12H,4-5,8,14H2,2H3. The summed E-state index contributed by atoms with van der Waals surface area (Å²) < 4.78 is 0. The van der Waals surface area contributed by atoms with Crippen LogP contribution in [0.3, 0.4) is 0 Å². The van der Waals surface area contributed by atoms with Crippen molar-refractivity contribution in [1.29, 1.82) is 0 Å². The molecule has 0 amide bonds. The van der Waals surface area contributed by atoms with Crippen LogP contribution in [0.1, 0.15) is 24.6 Å². The zero-order chi connectivity index (χ0) is 12.0. The quantitative estimate of drug-likeness (QED) is 0.750. The van der Waals surface area contributed by atoms with Crippen LogP contribution in [0, 0.1) is 12.3 Å². The lowest BCUT2D eigenvalue weighted by Gasteiger charge is -2.06. The number of Topliss-reactive ketones (excluding diaryl/α,β-unsaturated/α-hetero) is 1. The van der Waals surface area contributed by atoms with Crippen molar-refractivity contribution < 1.29 is 4.79 Å². The number of nitrogens with two attached hydrogens (primary N) is 1. The molecule has 0 saturated carbocycles. The van der Waals surface area contributed by atoms with Crippen LogP contribution in [0.4, 0.5) is 0 Å². The first-order chi connectivity index (χ1) is 7.67. The van der Waals surface area contributed by atoms with Gasteiger partial charge in [-0.25, -0.2) is 0 Å². The predicted molar refractivity (Wildman–Crippen MR) is 63.8 cm³/mol. The van der Waals surface area contributed by atoms with Gasteiger partial charge < -0.3 is 5.73 Å². The van der Waals surface area contributed by atoms with Crippen molar-refractivity contribution in [2.75, 3.05) is 0 Å². The smallest absolute Gasteiger partial charge is 0.156 e. The summed E-state index contributed by atoms with van der Waals surface area (Å²) >= 11 is 0. The Hall–Kier alpha value is -1.66. The van der Waals surface area contributed by atoms with E-state index < -0.39 is 6.04 Å². The molecule has 1 heterocycles. The van der Waals surface area contributed by atoms with Crippen molar-refractivity contribution in [2.24, 2.45) is 5.73 Å². The van der Waals surface area contributed by atoms with Crippen molar-refractivity contribution in [2.45, 2.75) is 32.2 Å². The topological polar surface area (TPSA) is 56.0 Å². The molecule has 3 nitrogen and oxygen atoms in total. The minimum Gasteiger partial charge on any atom is -0.321 e. The van der Waals surface area contributed by atoms with E-state index >= 15 is 0 Å². The van der Waals surface area contributed by atoms with Crippen LogP contribution in [0.2, 0.25) is 0 Å². The second-order valence-corrected chi connectivity index (χ2v) is 3.67. The number of aromatic nitrogens is 1. The van der Waals surface area contributed by atoms with Gasteiger partial charge in [-0.15, -0.1) is 12.3 Å². The summed E-state index contributed by atoms with van der Waals surface area (Å²) in [6.45, 7) is 2.06. The van der Waals surface area contributed by atoms with Crippen molar-refractivity contribution in [3.63, 3.8) is 0 Å². The molecule has 0 aliphatic heterocycles. The second kappa shape index (κ2) is 6.04. The van der Waals surface area contributed by atoms with Gasteiger partial charge in [-0.1, -0.05) is 13.0 Å². The number of hydrogen-bond acceptors (Lipinski definition) is 3. The van der Waals surface area contributed by atoms with Gasteiger partial charge in [-0.3, -0.25) is 9.78 Å². The summed E-state index contributed by atoms with van der Waals surface area (Å²) in [5.41, 5.74) is 7.51. The van der Waals surface area contributed by atoms with Gasteiger partial charge >= 0.3 is 0 Å². The number of rotatable bonds is 5. The summed E-state index contributed by atoms with van der Waals surface area (Å²) in [7, 11) is 0. The van der Waals surface area contributed by atoms with Crippen LogP contribution in [0.15, 0.2) is 18.3 Å². The maximum atomic E-state index is 11.6. The average Bonchev–Trinajstić information content (AvgIpc) is 2.30. The van der Waals surface area contributed by atoms with Crippen LogP contribution < -0.4 is 5.73 Å². The normalized spacial score (nSPS) is 11.8. The molecule has 0 aliphatic carbocycles. The fraction of sp³-hybridized carbons (Fsp3) is 0.385. The van der Waals surface area contributed by atoms with Gasteiger partial charge in [0.15, 0.2) is 5.78 Å². The number of ketones is 1. The Morgan fingerprint density at radius 3 is 2.88 bits per heavy atom. The SMILES string of the molecule is C#CCC(N)C(=O)Cc1ccc(CC)cn1. The zero-order valence-electron chi connectivity index (χ0n) is 9.44. The third-order valence-electron chi connectivity index (χ3n) is 2.40. The van der Waals surface area contributed by atoms with Crippen molar-refractivity contribution >= 4 is 5.78 Å². The van der Waals surface area contributed by atoms with Crippen LogP contribution in [0.25, 0.3) is 0 Å². The summed E-state index contributed by atoms with van der Waals surface area (Å²) in [5.74, 6) is 2.33. The molecule has 84 valence electrons. The Bertz CT molecular complexity index is 389. The largest absolute Gasteiger partial charge is 0.321 e. The first-order valence-corrected chi connectivity index (χ1v) is 5.33. The number of pyridine rings is 1. The molecule has 2 N–H and O–H groups in total. The molecule has 0 spiro atoms. The van der Waals surface area contributed by atoms with Crippen molar-refractivity contribution in [1.82, 2.24) is 4.98 Å². The molecule has 0 radical (unpaired) electrons. The molecule has 0 saturated heterocycles. The molecule has 1 rings (SSSR count). The van der Waals surface area contributed by atoms with E-state index in [0.29, 0.717) is 0 Å². The molecule has 0 aliphatic rings. The van der Waals surface area contributed by atoms with Gasteiger partial charge in [0.05, 0.1) is 12.5 Å². The average molecular weight is 216 g/mol. The number of carbonyl (C=O) groups is 1. The van der Waals surface area contributed by atoms with E-state index in [0.717, 1.165) is 17.7 Å². The van der Waals surface area contributed by atoms with Gasteiger partial charge in [-0.2, -0.15) is 0 Å². The summed E-state index contributed by atoms with van der Waals surface area (Å²) in [6, 6.07) is 3.26. The minimum atomic E-state index is -0.572. The molecule has 16 heavy (non-hydrogen) atoms. The number of carbonyl (C=O) groups excluding carboxylic acids is 1. The Kier molecular flexibility index (Phi) is 4.68. The highest BCUT2D eigenvalue weighted by molar-refractivity contribution is 5.85. The molecule has 3 heteroatoms. The number of hydrogen-bond donors (Lipinski definition) is 1. The summed E-state index contributed by atoms with van der Waals surface area (Å²) in [5, 5.41) is 0. The molecule has 1 aromatic heterocycles. The maximum absolute atomic E-state index is 11.6. The van der Waals surface area contributed by atoms with E-state index in [-0.39, 0.29) is 18.6 Å². The minimum absolute atomic E-state index is 0.0605. The van der Waals surface area contributed by atoms with Crippen LogP contribution in [-0.2, 0) is 17.6 Å². The van der Waals surface area contributed by atoms with Crippen LogP contribution >= 0.6 is 0 Å². The molecule has 1 unspecified atom stereocenters. The predicted octanol–water partition coefficient (Wildman–Crippen LogP) is 1.11. The van der Waals surface area contributed by atoms with E-state index in [1.807, 2.05) is 12.1 Å².